The summed E-state index contributed by atoms with van der Waals surface area (Å²) in [5.74, 6) is 2.84. The molecule has 0 spiro atoms. The number of carbonyl (C=O) groups is 1. The normalized spacial score (nSPS) is 22.7. The summed E-state index contributed by atoms with van der Waals surface area (Å²) in [6, 6.07) is 1.51. The van der Waals surface area contributed by atoms with Crippen molar-refractivity contribution in [3.8, 4) is 0 Å². The monoisotopic (exact) mass is 768 g/mol. The molecule has 2 unspecified atom stereocenters. The number of hydrogen-bond donors (Lipinski definition) is 0. The molecule has 5 saturated heterocycles. The molecule has 0 radical (unpaired) electrons. The van der Waals surface area contributed by atoms with E-state index in [1.165, 1.54) is 78.2 Å². The molecule has 5 aliphatic rings. The number of carbonyl (C=O) groups excluding carboxylic acids is 1. The summed E-state index contributed by atoms with van der Waals surface area (Å²) in [5.41, 5.74) is 0. The molecule has 0 aromatic heterocycles. The molecule has 54 heavy (non-hydrogen) atoms. The summed E-state index contributed by atoms with van der Waals surface area (Å²) in [4.78, 5) is 28.1. The average Bonchev–Trinajstić information content (AvgIpc) is 3.10. The van der Waals surface area contributed by atoms with Crippen LogP contribution < -0.4 is 0 Å². The van der Waals surface area contributed by atoms with E-state index in [-0.39, 0.29) is 5.92 Å². The summed E-state index contributed by atoms with van der Waals surface area (Å²) in [5, 5.41) is 0. The lowest BCUT2D eigenvalue weighted by Crippen LogP contribution is -2.48. The number of likely N-dealkylation sites (N-methyl/N-ethyl adjacent to an activating group) is 2. The lowest BCUT2D eigenvalue weighted by Gasteiger charge is -2.38. The number of ether oxygens (including phenoxy) is 2. The van der Waals surface area contributed by atoms with E-state index >= 15 is 0 Å². The van der Waals surface area contributed by atoms with Gasteiger partial charge in [0.1, 0.15) is 0 Å². The van der Waals surface area contributed by atoms with Crippen molar-refractivity contribution in [3.63, 3.8) is 0 Å². The van der Waals surface area contributed by atoms with Gasteiger partial charge < -0.3 is 38.9 Å². The van der Waals surface area contributed by atoms with Crippen LogP contribution in [0.1, 0.15) is 102 Å². The first-order valence-corrected chi connectivity index (χ1v) is 22.2. The molecule has 10 nitrogen and oxygen atoms in total. The Morgan fingerprint density at radius 1 is 0.574 bits per heavy atom. The van der Waals surface area contributed by atoms with Crippen molar-refractivity contribution in [2.45, 2.75) is 127 Å². The SMILES string of the molecule is CC(C)C(=O)N1CCN(C)CC1.CC(C)C(C)N1CCC1.CC(C)C(C)N1CCOCC1.CC(C)CN1CCN(C)CC1.CC(C)OC1CCN(C)CC1. The van der Waals surface area contributed by atoms with Gasteiger partial charge in [0, 0.05) is 103 Å². The van der Waals surface area contributed by atoms with Crippen molar-refractivity contribution in [2.24, 2.45) is 23.7 Å². The molecule has 0 N–H and O–H groups in total. The number of nitrogens with zero attached hydrogens (tertiary/aromatic N) is 7. The number of amides is 1. The van der Waals surface area contributed by atoms with E-state index < -0.39 is 0 Å². The van der Waals surface area contributed by atoms with Gasteiger partial charge in [-0.1, -0.05) is 55.4 Å². The minimum atomic E-state index is 0.147. The summed E-state index contributed by atoms with van der Waals surface area (Å²) in [6.45, 7) is 45.7. The lowest BCUT2D eigenvalue weighted by atomic mass is 10.0. The van der Waals surface area contributed by atoms with Gasteiger partial charge in [0.25, 0.3) is 0 Å². The maximum atomic E-state index is 11.5. The van der Waals surface area contributed by atoms with Gasteiger partial charge in [0.15, 0.2) is 0 Å². The summed E-state index contributed by atoms with van der Waals surface area (Å²) in [7, 11) is 6.47. The maximum absolute atomic E-state index is 11.5. The predicted molar refractivity (Wildman–Crippen MR) is 232 cm³/mol. The van der Waals surface area contributed by atoms with Crippen LogP contribution in [0, 0.1) is 23.7 Å². The van der Waals surface area contributed by atoms with Crippen molar-refractivity contribution in [3.05, 3.63) is 0 Å². The minimum absolute atomic E-state index is 0.147. The molecule has 5 heterocycles. The van der Waals surface area contributed by atoms with Gasteiger partial charge >= 0.3 is 0 Å². The fourth-order valence-corrected chi connectivity index (χ4v) is 7.02. The zero-order valence-electron chi connectivity index (χ0n) is 38.6. The van der Waals surface area contributed by atoms with Gasteiger partial charge in [-0.15, -0.1) is 0 Å². The molecule has 10 heteroatoms. The van der Waals surface area contributed by atoms with Crippen LogP contribution in [0.15, 0.2) is 0 Å². The topological polar surface area (TPSA) is 58.2 Å². The summed E-state index contributed by atoms with van der Waals surface area (Å²) in [6.07, 6.45) is 4.73. The number of rotatable bonds is 9. The largest absolute Gasteiger partial charge is 0.379 e. The molecule has 1 amide bonds. The van der Waals surface area contributed by atoms with E-state index in [1.54, 1.807) is 0 Å². The Balaban J connectivity index is 0.000000338. The van der Waals surface area contributed by atoms with Gasteiger partial charge in [-0.3, -0.25) is 9.69 Å². The quantitative estimate of drug-likeness (QED) is 0.285. The first-order chi connectivity index (χ1) is 25.4. The highest BCUT2D eigenvalue weighted by Crippen LogP contribution is 2.17. The Bertz CT molecular complexity index is 874. The van der Waals surface area contributed by atoms with E-state index in [1.807, 2.05) is 18.7 Å². The van der Waals surface area contributed by atoms with Crippen LogP contribution in [0.3, 0.4) is 0 Å². The Morgan fingerprint density at radius 3 is 1.35 bits per heavy atom. The first kappa shape index (κ1) is 51.2. The molecule has 322 valence electrons. The predicted octanol–water partition coefficient (Wildman–Crippen LogP) is 5.91. The second-order valence-electron chi connectivity index (χ2n) is 18.5. The molecule has 0 aromatic carbocycles. The van der Waals surface area contributed by atoms with Gasteiger partial charge in [0.2, 0.25) is 5.91 Å². The maximum Gasteiger partial charge on any atom is 0.225 e. The Morgan fingerprint density at radius 2 is 1.00 bits per heavy atom. The standard InChI is InChI=1S/C9H18N2O.C9H20N2.2C9H19NO.C8H17N/c1-8(2)9(12)11-6-4-10(3)5-7-11;1-9(2)8-11-6-4-10(3)5-7-11;1-8(2)11-9-4-6-10(3)7-5-9;1-8(2)9(3)10-4-6-11-7-5-10;1-7(2)8(3)9-5-4-6-9/h8H,4-7H2,1-3H3;9H,4-8H2,1-3H3;2*8-9H,4-7H2,1-3H3;7-8H,4-6H2,1-3H3. The number of piperazine rings is 2. The summed E-state index contributed by atoms with van der Waals surface area (Å²) < 4.78 is 11.0. The highest BCUT2D eigenvalue weighted by Gasteiger charge is 2.23. The van der Waals surface area contributed by atoms with E-state index in [4.69, 9.17) is 9.47 Å². The smallest absolute Gasteiger partial charge is 0.225 e. The lowest BCUT2D eigenvalue weighted by molar-refractivity contribution is -0.136. The fourth-order valence-electron chi connectivity index (χ4n) is 7.02. The van der Waals surface area contributed by atoms with Crippen LogP contribution >= 0.6 is 0 Å². The van der Waals surface area contributed by atoms with Gasteiger partial charge in [-0.25, -0.2) is 0 Å². The zero-order valence-corrected chi connectivity index (χ0v) is 38.6. The van der Waals surface area contributed by atoms with E-state index in [0.717, 1.165) is 76.3 Å². The van der Waals surface area contributed by atoms with Gasteiger partial charge in [-0.05, 0) is 98.9 Å². The molecule has 5 fully saturated rings. The van der Waals surface area contributed by atoms with Crippen molar-refractivity contribution in [1.82, 2.24) is 34.3 Å². The third-order valence-electron chi connectivity index (χ3n) is 11.7. The fraction of sp³-hybridized carbons (Fsp3) is 0.977. The van der Waals surface area contributed by atoms with Crippen LogP contribution in [0.25, 0.3) is 0 Å². The van der Waals surface area contributed by atoms with Crippen molar-refractivity contribution >= 4 is 5.91 Å². The van der Waals surface area contributed by atoms with Crippen molar-refractivity contribution in [1.29, 1.82) is 0 Å². The molecule has 0 saturated carbocycles. The van der Waals surface area contributed by atoms with E-state index in [9.17, 15) is 4.79 Å². The molecular formula is C44H93N7O3. The Labute approximate surface area is 336 Å². The van der Waals surface area contributed by atoms with Crippen LogP contribution in [-0.2, 0) is 14.3 Å². The molecule has 0 aromatic rings. The molecule has 2 atom stereocenters. The van der Waals surface area contributed by atoms with Crippen molar-refractivity contribution < 1.29 is 14.3 Å². The number of likely N-dealkylation sites (tertiary alicyclic amines) is 2. The second-order valence-corrected chi connectivity index (χ2v) is 18.5. The van der Waals surface area contributed by atoms with Gasteiger partial charge in [-0.2, -0.15) is 0 Å². The molecule has 0 aliphatic carbocycles. The van der Waals surface area contributed by atoms with Crippen LogP contribution in [-0.4, -0.2) is 197 Å². The molecular weight excluding hydrogens is 675 g/mol. The van der Waals surface area contributed by atoms with Crippen LogP contribution in [0.4, 0.5) is 0 Å². The highest BCUT2D eigenvalue weighted by molar-refractivity contribution is 5.78. The molecule has 5 rings (SSSR count). The van der Waals surface area contributed by atoms with Crippen molar-refractivity contribution in [2.75, 3.05) is 133 Å². The molecule has 5 aliphatic heterocycles. The number of hydrogen-bond acceptors (Lipinski definition) is 9. The second kappa shape index (κ2) is 28.5. The van der Waals surface area contributed by atoms with E-state index in [0.29, 0.717) is 24.2 Å². The van der Waals surface area contributed by atoms with Crippen LogP contribution in [0.2, 0.25) is 0 Å². The van der Waals surface area contributed by atoms with E-state index in [2.05, 4.69) is 120 Å². The number of morpholine rings is 1. The Kier molecular flexibility index (Phi) is 27.0. The van der Waals surface area contributed by atoms with Gasteiger partial charge in [0.05, 0.1) is 25.4 Å². The average molecular weight is 768 g/mol. The zero-order chi connectivity index (χ0) is 40.8. The summed E-state index contributed by atoms with van der Waals surface area (Å²) >= 11 is 0. The highest BCUT2D eigenvalue weighted by atomic mass is 16.5. The first-order valence-electron chi connectivity index (χ1n) is 22.2. The minimum Gasteiger partial charge on any atom is -0.379 e. The Hall–Kier alpha value is -0.850. The molecule has 0 bridgehead atoms. The third-order valence-corrected chi connectivity index (χ3v) is 11.7. The third kappa shape index (κ3) is 22.8. The number of piperidine rings is 1. The van der Waals surface area contributed by atoms with Crippen LogP contribution in [0.5, 0.6) is 0 Å².